The van der Waals surface area contributed by atoms with Gasteiger partial charge in [-0.1, -0.05) is 32.1 Å². The molecule has 30 heavy (non-hydrogen) atoms. The Bertz CT molecular complexity index is 555. The number of hydrogen-bond acceptors (Lipinski definition) is 8. The Morgan fingerprint density at radius 1 is 1.17 bits per heavy atom. The number of hydrogen-bond donors (Lipinski definition) is 0. The molecule has 0 aromatic heterocycles. The number of rotatable bonds is 14. The van der Waals surface area contributed by atoms with Gasteiger partial charge in [0.25, 0.3) is 0 Å². The Kier molecular flexibility index (Phi) is 11.8. The first-order chi connectivity index (χ1) is 14.1. The summed E-state index contributed by atoms with van der Waals surface area (Å²) >= 11 is 0. The van der Waals surface area contributed by atoms with Crippen LogP contribution in [0.15, 0.2) is 24.3 Å². The maximum absolute atomic E-state index is 11.4. The predicted molar refractivity (Wildman–Crippen MR) is 112 cm³/mol. The number of esters is 1. The Hall–Kier alpha value is -1.29. The molecule has 8 heteroatoms. The molecule has 0 saturated carbocycles. The van der Waals surface area contributed by atoms with Gasteiger partial charge in [-0.3, -0.25) is 0 Å². The van der Waals surface area contributed by atoms with Gasteiger partial charge in [-0.15, -0.1) is 0 Å². The van der Waals surface area contributed by atoms with E-state index in [-0.39, 0.29) is 37.2 Å². The van der Waals surface area contributed by atoms with E-state index < -0.39 is 11.9 Å². The van der Waals surface area contributed by atoms with Crippen LogP contribution in [0, 0.1) is 5.41 Å². The molecule has 0 radical (unpaired) electrons. The quantitative estimate of drug-likeness (QED) is 0.180. The molecule has 0 bridgehead atoms. The van der Waals surface area contributed by atoms with Crippen LogP contribution in [-0.2, 0) is 38.0 Å². The van der Waals surface area contributed by atoms with Gasteiger partial charge in [0.15, 0.2) is 5.79 Å². The summed E-state index contributed by atoms with van der Waals surface area (Å²) in [6.45, 7) is 10.6. The van der Waals surface area contributed by atoms with Crippen molar-refractivity contribution in [3.05, 3.63) is 24.3 Å². The molecule has 1 rings (SSSR count). The van der Waals surface area contributed by atoms with Gasteiger partial charge in [-0.2, -0.15) is 0 Å². The van der Waals surface area contributed by atoms with Crippen LogP contribution in [0.2, 0.25) is 0 Å². The molecule has 0 aromatic carbocycles. The first-order valence-electron chi connectivity index (χ1n) is 10.2. The first-order valence-corrected chi connectivity index (χ1v) is 10.2. The average Bonchev–Trinajstić information content (AvgIpc) is 3.03. The highest BCUT2D eigenvalue weighted by Crippen LogP contribution is 2.33. The van der Waals surface area contributed by atoms with E-state index in [4.69, 9.17) is 33.2 Å². The number of carbonyl (C=O) groups excluding carboxylic acids is 1. The maximum Gasteiger partial charge on any atom is 0.330 e. The molecule has 3 atom stereocenters. The standard InChI is InChI=1S/C22H38O8/c1-8-26-19(23)11-9-10-12-21(2,3)13-17(27-15-24-6)20(28-16-25-7)18-14-29-22(4,5)30-18/h9-12,17-18,20H,8,13-16H2,1-7H3/b11-9+,12-10+/t17-,18+,20-/m0/s1. The van der Waals surface area contributed by atoms with Crippen LogP contribution >= 0.6 is 0 Å². The normalized spacial score (nSPS) is 21.4. The van der Waals surface area contributed by atoms with E-state index in [1.54, 1.807) is 27.2 Å². The van der Waals surface area contributed by atoms with Crippen molar-refractivity contribution in [2.45, 2.75) is 65.1 Å². The van der Waals surface area contributed by atoms with E-state index in [9.17, 15) is 4.79 Å². The molecule has 8 nitrogen and oxygen atoms in total. The highest BCUT2D eigenvalue weighted by Gasteiger charge is 2.43. The van der Waals surface area contributed by atoms with E-state index >= 15 is 0 Å². The summed E-state index contributed by atoms with van der Waals surface area (Å²) in [5, 5.41) is 0. The molecule has 0 unspecified atom stereocenters. The van der Waals surface area contributed by atoms with E-state index in [2.05, 4.69) is 13.8 Å². The van der Waals surface area contributed by atoms with Gasteiger partial charge in [0.05, 0.1) is 19.3 Å². The van der Waals surface area contributed by atoms with Crippen LogP contribution in [0.5, 0.6) is 0 Å². The fraction of sp³-hybridized carbons (Fsp3) is 0.773. The number of ether oxygens (including phenoxy) is 7. The van der Waals surface area contributed by atoms with Crippen molar-refractivity contribution in [2.75, 3.05) is 41.0 Å². The first kappa shape index (κ1) is 26.7. The highest BCUT2D eigenvalue weighted by atomic mass is 16.8. The Labute approximate surface area is 180 Å². The van der Waals surface area contributed by atoms with Gasteiger partial charge in [-0.05, 0) is 32.6 Å². The summed E-state index contributed by atoms with van der Waals surface area (Å²) in [7, 11) is 3.15. The molecular weight excluding hydrogens is 392 g/mol. The Balaban J connectivity index is 2.90. The van der Waals surface area contributed by atoms with Crippen molar-refractivity contribution < 1.29 is 38.0 Å². The molecule has 1 aliphatic heterocycles. The van der Waals surface area contributed by atoms with Crippen molar-refractivity contribution in [1.29, 1.82) is 0 Å². The van der Waals surface area contributed by atoms with E-state index in [1.807, 2.05) is 26.0 Å². The topological polar surface area (TPSA) is 81.7 Å². The van der Waals surface area contributed by atoms with E-state index in [1.165, 1.54) is 6.08 Å². The second-order valence-corrected chi connectivity index (χ2v) is 8.18. The van der Waals surface area contributed by atoms with Gasteiger partial charge in [0.1, 0.15) is 25.8 Å². The van der Waals surface area contributed by atoms with Gasteiger partial charge >= 0.3 is 5.97 Å². The lowest BCUT2D eigenvalue weighted by atomic mass is 9.84. The van der Waals surface area contributed by atoms with Crippen LogP contribution in [0.3, 0.4) is 0 Å². The lowest BCUT2D eigenvalue weighted by Gasteiger charge is -2.35. The second kappa shape index (κ2) is 13.2. The molecule has 0 spiro atoms. The molecule has 0 N–H and O–H groups in total. The largest absolute Gasteiger partial charge is 0.463 e. The fourth-order valence-electron chi connectivity index (χ4n) is 3.13. The second-order valence-electron chi connectivity index (χ2n) is 8.18. The predicted octanol–water partition coefficient (Wildman–Crippen LogP) is 3.21. The molecule has 1 aliphatic rings. The number of carbonyl (C=O) groups is 1. The SMILES string of the molecule is CCOC(=O)/C=C/C=C/C(C)(C)C[C@H](OCOC)[C@H](OCOC)[C@H]1COC(C)(C)O1. The lowest BCUT2D eigenvalue weighted by Crippen LogP contribution is -2.45. The van der Waals surface area contributed by atoms with Crippen molar-refractivity contribution in [1.82, 2.24) is 0 Å². The van der Waals surface area contributed by atoms with Gasteiger partial charge < -0.3 is 33.2 Å². The summed E-state index contributed by atoms with van der Waals surface area (Å²) in [6, 6.07) is 0. The summed E-state index contributed by atoms with van der Waals surface area (Å²) in [6.07, 6.45) is 6.46. The molecule has 0 aliphatic carbocycles. The van der Waals surface area contributed by atoms with Crippen LogP contribution in [0.4, 0.5) is 0 Å². The Morgan fingerprint density at radius 2 is 1.83 bits per heavy atom. The number of methoxy groups -OCH3 is 2. The lowest BCUT2D eigenvalue weighted by molar-refractivity contribution is -0.209. The van der Waals surface area contributed by atoms with Crippen LogP contribution in [0.25, 0.3) is 0 Å². The minimum Gasteiger partial charge on any atom is -0.463 e. The van der Waals surface area contributed by atoms with Crippen molar-refractivity contribution in [3.63, 3.8) is 0 Å². The summed E-state index contributed by atoms with van der Waals surface area (Å²) < 4.78 is 38.8. The molecular formula is C22H38O8. The average molecular weight is 431 g/mol. The third-order valence-corrected chi connectivity index (χ3v) is 4.45. The zero-order valence-corrected chi connectivity index (χ0v) is 19.3. The minimum atomic E-state index is -0.682. The zero-order valence-electron chi connectivity index (χ0n) is 19.3. The fourth-order valence-corrected chi connectivity index (χ4v) is 3.13. The molecule has 0 aromatic rings. The van der Waals surface area contributed by atoms with Gasteiger partial charge in [0, 0.05) is 20.3 Å². The molecule has 1 heterocycles. The van der Waals surface area contributed by atoms with Crippen LogP contribution < -0.4 is 0 Å². The Morgan fingerprint density at radius 3 is 2.40 bits per heavy atom. The third kappa shape index (κ3) is 10.1. The molecule has 1 saturated heterocycles. The third-order valence-electron chi connectivity index (χ3n) is 4.45. The van der Waals surface area contributed by atoms with Crippen LogP contribution in [-0.4, -0.2) is 71.1 Å². The molecule has 0 amide bonds. The van der Waals surface area contributed by atoms with E-state index in [0.717, 1.165) is 0 Å². The van der Waals surface area contributed by atoms with E-state index in [0.29, 0.717) is 19.6 Å². The smallest absolute Gasteiger partial charge is 0.330 e. The zero-order chi connectivity index (χ0) is 22.6. The number of allylic oxidation sites excluding steroid dienone is 3. The van der Waals surface area contributed by atoms with Crippen molar-refractivity contribution in [3.8, 4) is 0 Å². The van der Waals surface area contributed by atoms with Gasteiger partial charge in [-0.25, -0.2) is 4.79 Å². The van der Waals surface area contributed by atoms with Gasteiger partial charge in [0.2, 0.25) is 0 Å². The molecule has 1 fully saturated rings. The maximum atomic E-state index is 11.4. The van der Waals surface area contributed by atoms with Crippen LogP contribution in [0.1, 0.15) is 41.0 Å². The highest BCUT2D eigenvalue weighted by molar-refractivity contribution is 5.82. The van der Waals surface area contributed by atoms with Crippen molar-refractivity contribution >= 4 is 5.97 Å². The summed E-state index contributed by atoms with van der Waals surface area (Å²) in [5.41, 5.74) is -0.263. The summed E-state index contributed by atoms with van der Waals surface area (Å²) in [4.78, 5) is 11.4. The monoisotopic (exact) mass is 430 g/mol. The molecule has 174 valence electrons. The summed E-state index contributed by atoms with van der Waals surface area (Å²) in [5.74, 6) is -1.05. The van der Waals surface area contributed by atoms with Crippen molar-refractivity contribution in [2.24, 2.45) is 5.41 Å². The minimum absolute atomic E-state index is 0.107.